The Kier molecular flexibility index (Phi) is 2.27. The van der Waals surface area contributed by atoms with Gasteiger partial charge in [-0.05, 0) is 6.92 Å². The Morgan fingerprint density at radius 2 is 2.06 bits per heavy atom. The first kappa shape index (κ1) is 10.5. The van der Waals surface area contributed by atoms with Crippen molar-refractivity contribution in [2.24, 2.45) is 0 Å². The fraction of sp³-hybridized carbons (Fsp3) is 0.111. The van der Waals surface area contributed by atoms with E-state index in [1.54, 1.807) is 15.4 Å². The van der Waals surface area contributed by atoms with Gasteiger partial charge in [-0.25, -0.2) is 4.68 Å². The van der Waals surface area contributed by atoms with Gasteiger partial charge >= 0.3 is 0 Å². The van der Waals surface area contributed by atoms with Gasteiger partial charge in [-0.3, -0.25) is 0 Å². The van der Waals surface area contributed by atoms with Crippen LogP contribution in [0.15, 0.2) is 18.7 Å². The van der Waals surface area contributed by atoms with Gasteiger partial charge in [-0.2, -0.15) is 24.7 Å². The lowest BCUT2D eigenvalue weighted by molar-refractivity contribution is 0.772. The van der Waals surface area contributed by atoms with Crippen molar-refractivity contribution in [2.45, 2.75) is 6.92 Å². The highest BCUT2D eigenvalue weighted by Gasteiger charge is 2.14. The molecular formula is C9H6Cl2N6. The predicted molar refractivity (Wildman–Crippen MR) is 62.7 cm³/mol. The Labute approximate surface area is 106 Å². The molecule has 0 atom stereocenters. The lowest BCUT2D eigenvalue weighted by atomic mass is 10.3. The molecule has 0 amide bonds. The molecule has 0 bridgehead atoms. The first-order chi connectivity index (χ1) is 8.16. The van der Waals surface area contributed by atoms with E-state index in [-0.39, 0.29) is 0 Å². The van der Waals surface area contributed by atoms with Gasteiger partial charge in [0.05, 0.1) is 17.4 Å². The van der Waals surface area contributed by atoms with Gasteiger partial charge in [0.25, 0.3) is 5.78 Å². The van der Waals surface area contributed by atoms with Crippen molar-refractivity contribution in [3.05, 3.63) is 34.5 Å². The number of aromatic nitrogens is 6. The average Bonchev–Trinajstić information content (AvgIpc) is 2.89. The summed E-state index contributed by atoms with van der Waals surface area (Å²) in [6, 6.07) is 0. The number of hydrogen-bond acceptors (Lipinski definition) is 4. The van der Waals surface area contributed by atoms with E-state index in [1.165, 1.54) is 12.5 Å². The predicted octanol–water partition coefficient (Wildman–Crippen LogP) is 1.93. The van der Waals surface area contributed by atoms with Crippen molar-refractivity contribution < 1.29 is 0 Å². The molecule has 0 aliphatic heterocycles. The minimum Gasteiger partial charge on any atom is -0.221 e. The fourth-order valence-corrected chi connectivity index (χ4v) is 1.87. The molecule has 86 valence electrons. The van der Waals surface area contributed by atoms with Crippen molar-refractivity contribution in [1.82, 2.24) is 29.4 Å². The molecule has 3 heterocycles. The summed E-state index contributed by atoms with van der Waals surface area (Å²) in [6.07, 6.45) is 4.62. The summed E-state index contributed by atoms with van der Waals surface area (Å²) in [5.41, 5.74) is 0.754. The van der Waals surface area contributed by atoms with Crippen LogP contribution in [0.2, 0.25) is 10.2 Å². The van der Waals surface area contributed by atoms with E-state index < -0.39 is 0 Å². The molecular weight excluding hydrogens is 263 g/mol. The van der Waals surface area contributed by atoms with Crippen LogP contribution in [0.1, 0.15) is 5.56 Å². The van der Waals surface area contributed by atoms with E-state index in [9.17, 15) is 0 Å². The summed E-state index contributed by atoms with van der Waals surface area (Å²) in [7, 11) is 0. The lowest BCUT2D eigenvalue weighted by Gasteiger charge is -2.08. The van der Waals surface area contributed by atoms with E-state index in [0.29, 0.717) is 21.8 Å². The number of hydrogen-bond donors (Lipinski definition) is 0. The molecule has 0 spiro atoms. The molecule has 8 heteroatoms. The topological polar surface area (TPSA) is 60.9 Å². The van der Waals surface area contributed by atoms with E-state index >= 15 is 0 Å². The maximum absolute atomic E-state index is 6.04. The van der Waals surface area contributed by atoms with Crippen LogP contribution in [0, 0.1) is 6.92 Å². The van der Waals surface area contributed by atoms with Crippen molar-refractivity contribution in [1.29, 1.82) is 0 Å². The molecule has 0 saturated carbocycles. The third-order valence-corrected chi connectivity index (χ3v) is 2.90. The SMILES string of the molecule is Cc1c(Cl)nc2ncnn2c1-n1cc(Cl)cn1. The second-order valence-electron chi connectivity index (χ2n) is 3.43. The molecule has 3 rings (SSSR count). The number of rotatable bonds is 1. The van der Waals surface area contributed by atoms with Crippen molar-refractivity contribution >= 4 is 29.0 Å². The maximum Gasteiger partial charge on any atom is 0.255 e. The van der Waals surface area contributed by atoms with Crippen LogP contribution < -0.4 is 0 Å². The highest BCUT2D eigenvalue weighted by Crippen LogP contribution is 2.21. The minimum atomic E-state index is 0.368. The molecule has 0 fully saturated rings. The standard InChI is InChI=1S/C9H6Cl2N6/c1-5-7(11)15-9-12-4-14-17(9)8(5)16-3-6(10)2-13-16/h2-4H,1H3. The van der Waals surface area contributed by atoms with Crippen LogP contribution in [0.4, 0.5) is 0 Å². The number of nitrogens with zero attached hydrogens (tertiary/aromatic N) is 6. The Bertz CT molecular complexity index is 701. The average molecular weight is 269 g/mol. The van der Waals surface area contributed by atoms with Gasteiger partial charge in [-0.15, -0.1) is 0 Å². The van der Waals surface area contributed by atoms with Gasteiger partial charge in [-0.1, -0.05) is 23.2 Å². The smallest absolute Gasteiger partial charge is 0.221 e. The highest BCUT2D eigenvalue weighted by atomic mass is 35.5. The normalized spacial score (nSPS) is 11.2. The van der Waals surface area contributed by atoms with Crippen LogP contribution in [-0.2, 0) is 0 Å². The molecule has 6 nitrogen and oxygen atoms in total. The molecule has 0 aliphatic rings. The van der Waals surface area contributed by atoms with Gasteiger partial charge in [0.1, 0.15) is 11.5 Å². The Morgan fingerprint density at radius 3 is 2.76 bits per heavy atom. The molecule has 0 unspecified atom stereocenters. The van der Waals surface area contributed by atoms with Crippen LogP contribution in [0.3, 0.4) is 0 Å². The summed E-state index contributed by atoms with van der Waals surface area (Å²) in [4.78, 5) is 8.10. The largest absolute Gasteiger partial charge is 0.255 e. The van der Waals surface area contributed by atoms with Gasteiger partial charge in [0, 0.05) is 5.56 Å². The molecule has 3 aromatic heterocycles. The molecule has 0 aliphatic carbocycles. The van der Waals surface area contributed by atoms with E-state index in [0.717, 1.165) is 5.56 Å². The monoisotopic (exact) mass is 268 g/mol. The molecule has 3 aromatic rings. The third-order valence-electron chi connectivity index (χ3n) is 2.34. The lowest BCUT2D eigenvalue weighted by Crippen LogP contribution is -2.08. The summed E-state index contributed by atoms with van der Waals surface area (Å²) < 4.78 is 3.15. The molecule has 0 radical (unpaired) electrons. The summed E-state index contributed by atoms with van der Waals surface area (Å²) >= 11 is 11.9. The summed E-state index contributed by atoms with van der Waals surface area (Å²) in [5, 5.41) is 9.11. The zero-order valence-electron chi connectivity index (χ0n) is 8.67. The van der Waals surface area contributed by atoms with Crippen molar-refractivity contribution in [3.63, 3.8) is 0 Å². The molecule has 0 aromatic carbocycles. The minimum absolute atomic E-state index is 0.368. The Hall–Kier alpha value is -1.66. The van der Waals surface area contributed by atoms with Crippen molar-refractivity contribution in [2.75, 3.05) is 0 Å². The molecule has 0 N–H and O–H groups in total. The summed E-state index contributed by atoms with van der Waals surface area (Å²) in [6.45, 7) is 1.83. The number of fused-ring (bicyclic) bond motifs is 1. The molecule has 17 heavy (non-hydrogen) atoms. The maximum atomic E-state index is 6.04. The van der Waals surface area contributed by atoms with Crippen LogP contribution >= 0.6 is 23.2 Å². The highest BCUT2D eigenvalue weighted by molar-refractivity contribution is 6.30. The van der Waals surface area contributed by atoms with Crippen LogP contribution in [-0.4, -0.2) is 29.4 Å². The zero-order valence-corrected chi connectivity index (χ0v) is 10.2. The second-order valence-corrected chi connectivity index (χ2v) is 4.22. The Morgan fingerprint density at radius 1 is 1.24 bits per heavy atom. The van der Waals surface area contributed by atoms with Gasteiger partial charge in [0.15, 0.2) is 5.82 Å². The second kappa shape index (κ2) is 3.68. The first-order valence-corrected chi connectivity index (χ1v) is 5.49. The van der Waals surface area contributed by atoms with Crippen LogP contribution in [0.25, 0.3) is 11.6 Å². The summed E-state index contributed by atoms with van der Waals surface area (Å²) in [5.74, 6) is 1.09. The Balaban J connectivity index is 2.40. The van der Waals surface area contributed by atoms with E-state index in [1.807, 2.05) is 6.92 Å². The van der Waals surface area contributed by atoms with Crippen LogP contribution in [0.5, 0.6) is 0 Å². The van der Waals surface area contributed by atoms with Crippen molar-refractivity contribution in [3.8, 4) is 5.82 Å². The van der Waals surface area contributed by atoms with E-state index in [4.69, 9.17) is 23.2 Å². The van der Waals surface area contributed by atoms with Gasteiger partial charge in [0.2, 0.25) is 0 Å². The zero-order chi connectivity index (χ0) is 12.0. The van der Waals surface area contributed by atoms with E-state index in [2.05, 4.69) is 20.2 Å². The molecule has 0 saturated heterocycles. The van der Waals surface area contributed by atoms with Gasteiger partial charge < -0.3 is 0 Å². The number of halogens is 2. The third kappa shape index (κ3) is 1.57. The first-order valence-electron chi connectivity index (χ1n) is 4.73. The quantitative estimate of drug-likeness (QED) is 0.633. The fourth-order valence-electron chi connectivity index (χ4n) is 1.57.